The first-order valence-electron chi connectivity index (χ1n) is 17.4. The fraction of sp³-hybridized carbons (Fsp3) is 0.537. The molecule has 0 aliphatic heterocycles. The molecule has 45 heavy (non-hydrogen) atoms. The maximum absolute atomic E-state index is 5.88. The van der Waals surface area contributed by atoms with E-state index in [4.69, 9.17) is 17.3 Å². The maximum atomic E-state index is 5.88. The van der Waals surface area contributed by atoms with Gasteiger partial charge >= 0.3 is 0 Å². The van der Waals surface area contributed by atoms with Crippen LogP contribution in [0.2, 0.25) is 0 Å². The molecule has 1 saturated carbocycles. The van der Waals surface area contributed by atoms with Gasteiger partial charge in [0.2, 0.25) is 0 Å². The van der Waals surface area contributed by atoms with Crippen molar-refractivity contribution >= 4 is 17.0 Å². The van der Waals surface area contributed by atoms with Crippen molar-refractivity contribution in [2.45, 2.75) is 105 Å². The zero-order valence-corrected chi connectivity index (χ0v) is 29.4. The number of aromatic nitrogens is 1. The molecule has 0 spiro atoms. The summed E-state index contributed by atoms with van der Waals surface area (Å²) in [6.07, 6.45) is 16.2. The van der Waals surface area contributed by atoms with E-state index in [0.717, 1.165) is 73.4 Å². The quantitative estimate of drug-likeness (QED) is 0.138. The zero-order chi connectivity index (χ0) is 33.1. The molecule has 1 unspecified atom stereocenters. The monoisotopic (exact) mass is 610 g/mol. The lowest BCUT2D eigenvalue weighted by Gasteiger charge is -2.37. The van der Waals surface area contributed by atoms with E-state index in [1.54, 1.807) is 0 Å². The van der Waals surface area contributed by atoms with Crippen molar-refractivity contribution in [3.8, 4) is 0 Å². The van der Waals surface area contributed by atoms with Crippen LogP contribution in [0.25, 0.3) is 17.0 Å². The fourth-order valence-corrected chi connectivity index (χ4v) is 6.72. The van der Waals surface area contributed by atoms with Crippen LogP contribution in [0.4, 0.5) is 0 Å². The van der Waals surface area contributed by atoms with Gasteiger partial charge < -0.3 is 16.0 Å². The molecule has 1 aromatic heterocycles. The molecule has 1 fully saturated rings. The molecule has 0 saturated heterocycles. The molecule has 0 radical (unpaired) electrons. The number of allylic oxidation sites excluding steroid dienone is 4. The van der Waals surface area contributed by atoms with Gasteiger partial charge in [-0.15, -0.1) is 0 Å². The van der Waals surface area contributed by atoms with E-state index in [9.17, 15) is 0 Å². The van der Waals surface area contributed by atoms with Crippen molar-refractivity contribution in [1.82, 2.24) is 15.2 Å². The summed E-state index contributed by atoms with van der Waals surface area (Å²) in [4.78, 5) is 7.14. The van der Waals surface area contributed by atoms with Crippen molar-refractivity contribution < 1.29 is 0 Å². The lowest BCUT2D eigenvalue weighted by atomic mass is 9.70. The van der Waals surface area contributed by atoms with Gasteiger partial charge in [-0.25, -0.2) is 0 Å². The first-order chi connectivity index (χ1) is 21.4. The lowest BCUT2D eigenvalue weighted by Crippen LogP contribution is -2.37. The van der Waals surface area contributed by atoms with Crippen LogP contribution in [-0.4, -0.2) is 29.5 Å². The third-order valence-corrected chi connectivity index (χ3v) is 10.3. The fourth-order valence-electron chi connectivity index (χ4n) is 6.72. The third kappa shape index (κ3) is 10.1. The summed E-state index contributed by atoms with van der Waals surface area (Å²) in [5.74, 6) is 1.07. The summed E-state index contributed by atoms with van der Waals surface area (Å²) in [5.41, 5.74) is 13.6. The smallest absolute Gasteiger partial charge is 0.0711 e. The van der Waals surface area contributed by atoms with E-state index in [1.807, 2.05) is 0 Å². The van der Waals surface area contributed by atoms with Crippen LogP contribution in [0.3, 0.4) is 0 Å². The highest BCUT2D eigenvalue weighted by atomic mass is 15.1. The van der Waals surface area contributed by atoms with Crippen molar-refractivity contribution in [1.29, 1.82) is 0 Å². The first-order valence-corrected chi connectivity index (χ1v) is 17.4. The Bertz CT molecular complexity index is 1340. The van der Waals surface area contributed by atoms with Crippen LogP contribution >= 0.6 is 0 Å². The second-order valence-corrected chi connectivity index (χ2v) is 14.1. The molecular weight excluding hydrogens is 548 g/mol. The van der Waals surface area contributed by atoms with Crippen molar-refractivity contribution in [2.24, 2.45) is 28.9 Å². The van der Waals surface area contributed by atoms with Gasteiger partial charge in [0.05, 0.1) is 11.6 Å². The summed E-state index contributed by atoms with van der Waals surface area (Å²) in [6, 6.07) is 11.1. The van der Waals surface area contributed by atoms with Crippen molar-refractivity contribution in [3.05, 3.63) is 96.6 Å². The minimum Gasteiger partial charge on any atom is -0.402 e. The summed E-state index contributed by atoms with van der Waals surface area (Å²) in [6.45, 7) is 29.8. The third-order valence-electron chi connectivity index (χ3n) is 10.3. The second-order valence-electron chi connectivity index (χ2n) is 14.1. The van der Waals surface area contributed by atoms with E-state index in [1.165, 1.54) is 42.2 Å². The van der Waals surface area contributed by atoms with E-state index >= 15 is 0 Å². The van der Waals surface area contributed by atoms with E-state index in [-0.39, 0.29) is 11.5 Å². The Labute approximate surface area is 275 Å². The molecule has 3 N–H and O–H groups in total. The first kappa shape index (κ1) is 36.2. The highest BCUT2D eigenvalue weighted by Gasteiger charge is 2.33. The number of pyridine rings is 1. The largest absolute Gasteiger partial charge is 0.402 e. The molecule has 1 aliphatic carbocycles. The number of aryl methyl sites for hydroxylation is 1. The van der Waals surface area contributed by atoms with Gasteiger partial charge in [-0.05, 0) is 75.0 Å². The SMILES string of the molecule is C=C(N[C@@H](C)C(=C)N(C)CCC[C@H](C)C(=C)N)C(CC(=C)C1(/C=C/c2ccc3ccc(CC)nc3c2)CCCCCC1)C(C)C. The summed E-state index contributed by atoms with van der Waals surface area (Å²) >= 11 is 0. The molecule has 1 aliphatic rings. The van der Waals surface area contributed by atoms with Crippen molar-refractivity contribution in [3.63, 3.8) is 0 Å². The standard InChI is InChI=1S/C41H62N4/c1-11-38-21-20-37-19-18-36(28-40(37)44-38)22-25-41(23-14-12-13-15-24-41)31(5)27-39(29(2)3)34(8)43-33(7)35(9)45(10)26-16-17-30(4)32(6)42/h18-22,25,28-30,33,39,43H,5-6,8-9,11-17,23-24,26-27,42H2,1-4,7,10H3/b25-22+/t30-,33-,39?/m0/s1. The Morgan fingerprint density at radius 3 is 2.31 bits per heavy atom. The van der Waals surface area contributed by atoms with Gasteiger partial charge in [0.15, 0.2) is 0 Å². The maximum Gasteiger partial charge on any atom is 0.0711 e. The number of likely N-dealkylation sites (N-methyl/N-ethyl adjacent to an activating group) is 1. The Morgan fingerprint density at radius 1 is 1.02 bits per heavy atom. The average Bonchev–Trinajstić information content (AvgIpc) is 3.27. The molecule has 0 amide bonds. The normalized spacial score (nSPS) is 17.0. The number of nitrogens with zero attached hydrogens (tertiary/aromatic N) is 2. The molecule has 1 heterocycles. The molecule has 3 rings (SSSR count). The predicted octanol–water partition coefficient (Wildman–Crippen LogP) is 10.2. The zero-order valence-electron chi connectivity index (χ0n) is 29.4. The highest BCUT2D eigenvalue weighted by molar-refractivity contribution is 5.81. The topological polar surface area (TPSA) is 54.2 Å². The van der Waals surface area contributed by atoms with Gasteiger partial charge in [0, 0.05) is 53.1 Å². The highest BCUT2D eigenvalue weighted by Crippen LogP contribution is 2.46. The Hall–Kier alpha value is -3.27. The van der Waals surface area contributed by atoms with E-state index in [0.29, 0.717) is 17.8 Å². The number of fused-ring (bicyclic) bond motifs is 1. The summed E-state index contributed by atoms with van der Waals surface area (Å²) in [7, 11) is 2.13. The molecule has 1 aromatic carbocycles. The van der Waals surface area contributed by atoms with Gasteiger partial charge in [-0.3, -0.25) is 4.98 Å². The lowest BCUT2D eigenvalue weighted by molar-refractivity contribution is 0.329. The van der Waals surface area contributed by atoms with Gasteiger partial charge in [-0.2, -0.15) is 0 Å². The van der Waals surface area contributed by atoms with Crippen LogP contribution in [0.1, 0.15) is 104 Å². The van der Waals surface area contributed by atoms with Crippen LogP contribution in [0.15, 0.2) is 85.4 Å². The number of benzene rings is 1. The second kappa shape index (κ2) is 16.9. The molecular formula is C41H62N4. The molecule has 246 valence electrons. The van der Waals surface area contributed by atoms with Gasteiger partial charge in [0.1, 0.15) is 0 Å². The minimum absolute atomic E-state index is 0.00102. The van der Waals surface area contributed by atoms with Crippen molar-refractivity contribution in [2.75, 3.05) is 13.6 Å². The Morgan fingerprint density at radius 2 is 1.69 bits per heavy atom. The Kier molecular flexibility index (Phi) is 13.6. The molecule has 2 aromatic rings. The molecule has 3 atom stereocenters. The van der Waals surface area contributed by atoms with Gasteiger partial charge in [-0.1, -0.05) is 116 Å². The van der Waals surface area contributed by atoms with Crippen LogP contribution < -0.4 is 11.1 Å². The Balaban J connectivity index is 1.73. The summed E-state index contributed by atoms with van der Waals surface area (Å²) in [5, 5.41) is 4.93. The summed E-state index contributed by atoms with van der Waals surface area (Å²) < 4.78 is 0. The number of hydrogen-bond donors (Lipinski definition) is 2. The predicted molar refractivity (Wildman–Crippen MR) is 198 cm³/mol. The molecule has 4 nitrogen and oxygen atoms in total. The number of nitrogens with one attached hydrogen (secondary N) is 1. The van der Waals surface area contributed by atoms with E-state index in [2.05, 4.69) is 114 Å². The number of nitrogens with two attached hydrogens (primary N) is 1. The van der Waals surface area contributed by atoms with E-state index < -0.39 is 0 Å². The minimum atomic E-state index is -0.00102. The molecule has 0 bridgehead atoms. The van der Waals surface area contributed by atoms with Crippen LogP contribution in [0.5, 0.6) is 0 Å². The van der Waals surface area contributed by atoms with Crippen LogP contribution in [0, 0.1) is 23.2 Å². The average molecular weight is 611 g/mol. The number of rotatable bonds is 17. The molecule has 4 heteroatoms. The van der Waals surface area contributed by atoms with Gasteiger partial charge in [0.25, 0.3) is 0 Å². The van der Waals surface area contributed by atoms with Crippen LogP contribution in [-0.2, 0) is 6.42 Å². The number of hydrogen-bond acceptors (Lipinski definition) is 4.